The van der Waals surface area contributed by atoms with Gasteiger partial charge in [0.25, 0.3) is 0 Å². The smallest absolute Gasteiger partial charge is 0.135 e. The third kappa shape index (κ3) is 3.63. The van der Waals surface area contributed by atoms with Gasteiger partial charge in [-0.05, 0) is 47.8 Å². The first kappa shape index (κ1) is 13.2. The number of nitrogens with zero attached hydrogens (tertiary/aromatic N) is 2. The molecule has 0 unspecified atom stereocenters. The zero-order valence-electron chi connectivity index (χ0n) is 10.4. The molecular formula is C13H19BrN2. The summed E-state index contributed by atoms with van der Waals surface area (Å²) in [6.07, 6.45) is 6.47. The standard InChI is InChI=1S/C13H19BrN2/c1-5-6-7-11(3)15-13-10(2)8-12(14)9-16(13)4/h7-9H,5-6H2,1-4H3/b11-7+,15-13?. The first-order valence-electron chi connectivity index (χ1n) is 5.59. The third-order valence-corrected chi connectivity index (χ3v) is 2.80. The van der Waals surface area contributed by atoms with E-state index in [0.29, 0.717) is 0 Å². The molecule has 0 aliphatic rings. The molecule has 0 amide bonds. The van der Waals surface area contributed by atoms with Crippen molar-refractivity contribution < 1.29 is 0 Å². The summed E-state index contributed by atoms with van der Waals surface area (Å²) in [5, 5.41) is 0. The second-order valence-corrected chi connectivity index (χ2v) is 4.94. The number of hydrogen-bond donors (Lipinski definition) is 0. The number of pyridine rings is 1. The summed E-state index contributed by atoms with van der Waals surface area (Å²) in [4.78, 5) is 4.64. The Kier molecular flexibility index (Phi) is 5.00. The molecule has 1 heterocycles. The minimum absolute atomic E-state index is 1.02. The third-order valence-electron chi connectivity index (χ3n) is 2.37. The second-order valence-electron chi connectivity index (χ2n) is 4.02. The van der Waals surface area contributed by atoms with Gasteiger partial charge in [-0.15, -0.1) is 0 Å². The minimum atomic E-state index is 1.02. The Morgan fingerprint density at radius 3 is 2.81 bits per heavy atom. The van der Waals surface area contributed by atoms with Gasteiger partial charge in [-0.1, -0.05) is 19.4 Å². The van der Waals surface area contributed by atoms with Crippen molar-refractivity contribution in [3.63, 3.8) is 0 Å². The molecule has 16 heavy (non-hydrogen) atoms. The summed E-state index contributed by atoms with van der Waals surface area (Å²) in [5.41, 5.74) is 3.29. The van der Waals surface area contributed by atoms with Gasteiger partial charge in [-0.2, -0.15) is 0 Å². The number of aromatic nitrogens is 1. The maximum Gasteiger partial charge on any atom is 0.135 e. The van der Waals surface area contributed by atoms with E-state index >= 15 is 0 Å². The van der Waals surface area contributed by atoms with Gasteiger partial charge in [-0.3, -0.25) is 0 Å². The Morgan fingerprint density at radius 2 is 2.25 bits per heavy atom. The van der Waals surface area contributed by atoms with Crippen molar-refractivity contribution in [1.29, 1.82) is 0 Å². The van der Waals surface area contributed by atoms with Gasteiger partial charge in [-0.25, -0.2) is 4.99 Å². The molecular weight excluding hydrogens is 264 g/mol. The lowest BCUT2D eigenvalue weighted by atomic mass is 10.3. The number of rotatable bonds is 3. The monoisotopic (exact) mass is 282 g/mol. The van der Waals surface area contributed by atoms with Crippen molar-refractivity contribution in [1.82, 2.24) is 4.57 Å². The Hall–Kier alpha value is -0.830. The van der Waals surface area contributed by atoms with Gasteiger partial charge in [0.1, 0.15) is 5.49 Å². The summed E-state index contributed by atoms with van der Waals surface area (Å²) in [7, 11) is 2.02. The first-order chi connectivity index (χ1) is 7.54. The van der Waals surface area contributed by atoms with Crippen LogP contribution in [0.15, 0.2) is 33.5 Å². The SMILES string of the molecule is CCC/C=C(\C)N=c1c(C)cc(Br)cn1C. The van der Waals surface area contributed by atoms with Crippen molar-refractivity contribution in [3.8, 4) is 0 Å². The Labute approximate surface area is 106 Å². The van der Waals surface area contributed by atoms with Gasteiger partial charge < -0.3 is 4.57 Å². The van der Waals surface area contributed by atoms with E-state index in [1.807, 2.05) is 17.8 Å². The normalized spacial score (nSPS) is 13.3. The molecule has 0 aliphatic heterocycles. The summed E-state index contributed by atoms with van der Waals surface area (Å²) in [6.45, 7) is 6.31. The summed E-state index contributed by atoms with van der Waals surface area (Å²) >= 11 is 3.48. The van der Waals surface area contributed by atoms with Crippen LogP contribution in [0.4, 0.5) is 0 Å². The van der Waals surface area contributed by atoms with Crippen molar-refractivity contribution >= 4 is 15.9 Å². The van der Waals surface area contributed by atoms with Gasteiger partial charge in [0.05, 0.1) is 0 Å². The fourth-order valence-corrected chi connectivity index (χ4v) is 2.22. The molecule has 1 rings (SSSR count). The van der Waals surface area contributed by atoms with Crippen LogP contribution in [0, 0.1) is 6.92 Å². The van der Waals surface area contributed by atoms with Crippen molar-refractivity contribution in [2.24, 2.45) is 12.0 Å². The summed E-state index contributed by atoms with van der Waals surface area (Å²) < 4.78 is 3.13. The summed E-state index contributed by atoms with van der Waals surface area (Å²) in [6, 6.07) is 2.09. The molecule has 0 N–H and O–H groups in total. The molecule has 1 aromatic rings. The largest absolute Gasteiger partial charge is 0.335 e. The van der Waals surface area contributed by atoms with Crippen LogP contribution in [0.2, 0.25) is 0 Å². The Bertz CT molecular complexity index is 429. The molecule has 2 nitrogen and oxygen atoms in total. The van der Waals surface area contributed by atoms with E-state index in [4.69, 9.17) is 0 Å². The van der Waals surface area contributed by atoms with E-state index in [1.54, 1.807) is 0 Å². The van der Waals surface area contributed by atoms with Crippen LogP contribution in [0.5, 0.6) is 0 Å². The first-order valence-corrected chi connectivity index (χ1v) is 6.38. The lowest BCUT2D eigenvalue weighted by Crippen LogP contribution is -2.20. The lowest BCUT2D eigenvalue weighted by Gasteiger charge is -2.04. The van der Waals surface area contributed by atoms with E-state index < -0.39 is 0 Å². The highest BCUT2D eigenvalue weighted by Gasteiger charge is 1.96. The van der Waals surface area contributed by atoms with Crippen molar-refractivity contribution in [2.45, 2.75) is 33.6 Å². The average Bonchev–Trinajstić information content (AvgIpc) is 2.20. The number of halogens is 1. The molecule has 0 bridgehead atoms. The predicted molar refractivity (Wildman–Crippen MR) is 72.1 cm³/mol. The summed E-state index contributed by atoms with van der Waals surface area (Å²) in [5.74, 6) is 0. The molecule has 0 radical (unpaired) electrons. The van der Waals surface area contributed by atoms with Crippen LogP contribution in [0.25, 0.3) is 0 Å². The highest BCUT2D eigenvalue weighted by molar-refractivity contribution is 9.10. The van der Waals surface area contributed by atoms with E-state index in [1.165, 1.54) is 5.56 Å². The van der Waals surface area contributed by atoms with E-state index in [0.717, 1.165) is 28.5 Å². The fourth-order valence-electron chi connectivity index (χ4n) is 1.57. The van der Waals surface area contributed by atoms with E-state index in [2.05, 4.69) is 53.8 Å². The molecule has 0 saturated carbocycles. The molecule has 0 saturated heterocycles. The zero-order valence-corrected chi connectivity index (χ0v) is 12.0. The molecule has 1 aromatic heterocycles. The number of allylic oxidation sites excluding steroid dienone is 2. The molecule has 0 aromatic carbocycles. The number of unbranched alkanes of at least 4 members (excludes halogenated alkanes) is 1. The highest BCUT2D eigenvalue weighted by atomic mass is 79.9. The van der Waals surface area contributed by atoms with E-state index in [9.17, 15) is 0 Å². The van der Waals surface area contributed by atoms with Crippen LogP contribution < -0.4 is 5.49 Å². The van der Waals surface area contributed by atoms with Gasteiger partial charge in [0, 0.05) is 23.4 Å². The maximum absolute atomic E-state index is 4.64. The van der Waals surface area contributed by atoms with Crippen LogP contribution in [0.3, 0.4) is 0 Å². The van der Waals surface area contributed by atoms with Crippen LogP contribution in [0.1, 0.15) is 32.3 Å². The van der Waals surface area contributed by atoms with Crippen molar-refractivity contribution in [2.75, 3.05) is 0 Å². The number of aryl methyl sites for hydroxylation is 2. The van der Waals surface area contributed by atoms with Gasteiger partial charge >= 0.3 is 0 Å². The molecule has 88 valence electrons. The van der Waals surface area contributed by atoms with E-state index in [-0.39, 0.29) is 0 Å². The maximum atomic E-state index is 4.64. The Balaban J connectivity index is 3.18. The van der Waals surface area contributed by atoms with Crippen molar-refractivity contribution in [3.05, 3.63) is 39.6 Å². The molecule has 3 heteroatoms. The topological polar surface area (TPSA) is 17.3 Å². The predicted octanol–water partition coefficient (Wildman–Crippen LogP) is 3.70. The average molecular weight is 283 g/mol. The molecule has 0 fully saturated rings. The van der Waals surface area contributed by atoms with Crippen LogP contribution in [-0.2, 0) is 7.05 Å². The highest BCUT2D eigenvalue weighted by Crippen LogP contribution is 2.08. The fraction of sp³-hybridized carbons (Fsp3) is 0.462. The van der Waals surface area contributed by atoms with Crippen LogP contribution >= 0.6 is 15.9 Å². The van der Waals surface area contributed by atoms with Gasteiger partial charge in [0.15, 0.2) is 0 Å². The number of hydrogen-bond acceptors (Lipinski definition) is 1. The lowest BCUT2D eigenvalue weighted by molar-refractivity contribution is 0.808. The Morgan fingerprint density at radius 1 is 1.56 bits per heavy atom. The second kappa shape index (κ2) is 6.04. The van der Waals surface area contributed by atoms with Crippen LogP contribution in [-0.4, -0.2) is 4.57 Å². The molecule has 0 aliphatic carbocycles. The zero-order chi connectivity index (χ0) is 12.1. The molecule has 0 atom stereocenters. The quantitative estimate of drug-likeness (QED) is 0.805. The minimum Gasteiger partial charge on any atom is -0.335 e. The molecule has 0 spiro atoms. The van der Waals surface area contributed by atoms with Gasteiger partial charge in [0.2, 0.25) is 0 Å².